The third-order valence-electron chi connectivity index (χ3n) is 7.82. The molecule has 1 saturated carbocycles. The maximum Gasteiger partial charge on any atom is 0.407 e. The van der Waals surface area contributed by atoms with Crippen LogP contribution in [0.3, 0.4) is 0 Å². The van der Waals surface area contributed by atoms with Crippen molar-refractivity contribution in [1.29, 1.82) is 0 Å². The standard InChI is InChI=1S/C33H41N3O6/c1-32(2,3)42-31(38)34-18-8-9-29(37)35-36-30-20-25(22-10-12-24(39-4)13-11-22)26-19-23-14-17-33(15-6-5-7-16-33)41-27(23)21-28(26)40-30/h10-13,19-21H,5-9,14-18H2,1-4H3,(H,34,38)(H,35,37)/b36-30-. The Balaban J connectivity index is 1.37. The molecule has 2 heterocycles. The van der Waals surface area contributed by atoms with Gasteiger partial charge < -0.3 is 23.9 Å². The Morgan fingerprint density at radius 2 is 1.79 bits per heavy atom. The van der Waals surface area contributed by atoms with Crippen LogP contribution in [-0.4, -0.2) is 36.9 Å². The minimum atomic E-state index is -0.572. The summed E-state index contributed by atoms with van der Waals surface area (Å²) in [5.41, 5.74) is 5.96. The number of carbonyl (C=O) groups excluding carboxylic acids is 2. The Labute approximate surface area is 246 Å². The van der Waals surface area contributed by atoms with Gasteiger partial charge in [0, 0.05) is 30.5 Å². The van der Waals surface area contributed by atoms with Crippen LogP contribution in [0, 0.1) is 0 Å². The quantitative estimate of drug-likeness (QED) is 0.250. The highest BCUT2D eigenvalue weighted by Gasteiger charge is 2.37. The smallest absolute Gasteiger partial charge is 0.407 e. The molecule has 1 spiro atoms. The molecule has 5 rings (SSSR count). The number of hydrogen-bond acceptors (Lipinski definition) is 7. The molecule has 2 aromatic carbocycles. The van der Waals surface area contributed by atoms with E-state index >= 15 is 0 Å². The van der Waals surface area contributed by atoms with Gasteiger partial charge in [-0.1, -0.05) is 18.6 Å². The SMILES string of the molecule is COc1ccc(-c2c/c(=N/NC(=O)CCCNC(=O)OC(C)(C)C)oc3cc4c(cc23)CCC2(CCCCC2)O4)cc1. The van der Waals surface area contributed by atoms with Gasteiger partial charge >= 0.3 is 6.09 Å². The number of nitrogens with one attached hydrogen (secondary N) is 2. The zero-order valence-corrected chi connectivity index (χ0v) is 25.0. The number of methoxy groups -OCH3 is 1. The topological polar surface area (TPSA) is 111 Å². The maximum absolute atomic E-state index is 12.5. The van der Waals surface area contributed by atoms with Crippen molar-refractivity contribution >= 4 is 23.0 Å². The van der Waals surface area contributed by atoms with Gasteiger partial charge in [-0.05, 0) is 101 Å². The molecule has 0 atom stereocenters. The number of carbonyl (C=O) groups is 2. The molecule has 1 fully saturated rings. The van der Waals surface area contributed by atoms with Crippen LogP contribution < -0.4 is 25.8 Å². The summed E-state index contributed by atoms with van der Waals surface area (Å²) in [4.78, 5) is 24.3. The summed E-state index contributed by atoms with van der Waals surface area (Å²) >= 11 is 0. The fraction of sp³-hybridized carbons (Fsp3) is 0.485. The Morgan fingerprint density at radius 1 is 1.02 bits per heavy atom. The molecule has 0 unspecified atom stereocenters. The first-order valence-corrected chi connectivity index (χ1v) is 14.9. The zero-order chi connectivity index (χ0) is 29.7. The van der Waals surface area contributed by atoms with Crippen molar-refractivity contribution in [3.8, 4) is 22.6 Å². The van der Waals surface area contributed by atoms with Crippen molar-refractivity contribution in [1.82, 2.24) is 10.7 Å². The van der Waals surface area contributed by atoms with Crippen molar-refractivity contribution in [3.05, 3.63) is 53.6 Å². The van der Waals surface area contributed by atoms with E-state index in [9.17, 15) is 9.59 Å². The first-order valence-electron chi connectivity index (χ1n) is 14.9. The summed E-state index contributed by atoms with van der Waals surface area (Å²) in [6.07, 6.45) is 7.98. The van der Waals surface area contributed by atoms with Gasteiger partial charge in [0.15, 0.2) is 0 Å². The van der Waals surface area contributed by atoms with Crippen LogP contribution in [0.25, 0.3) is 22.1 Å². The van der Waals surface area contributed by atoms with Gasteiger partial charge in [0.25, 0.3) is 0 Å². The number of fused-ring (bicyclic) bond motifs is 2. The van der Waals surface area contributed by atoms with E-state index in [0.29, 0.717) is 18.5 Å². The lowest BCUT2D eigenvalue weighted by Gasteiger charge is -2.41. The van der Waals surface area contributed by atoms with E-state index in [1.165, 1.54) is 24.8 Å². The van der Waals surface area contributed by atoms with Crippen molar-refractivity contribution in [2.75, 3.05) is 13.7 Å². The third-order valence-corrected chi connectivity index (χ3v) is 7.82. The third kappa shape index (κ3) is 7.24. The number of hydrogen-bond donors (Lipinski definition) is 2. The van der Waals surface area contributed by atoms with E-state index in [0.717, 1.165) is 53.7 Å². The summed E-state index contributed by atoms with van der Waals surface area (Å²) < 4.78 is 23.4. The molecule has 1 aliphatic heterocycles. The van der Waals surface area contributed by atoms with Gasteiger partial charge in [-0.15, -0.1) is 5.10 Å². The highest BCUT2D eigenvalue weighted by atomic mass is 16.6. The maximum atomic E-state index is 12.5. The van der Waals surface area contributed by atoms with Crippen LogP contribution in [0.4, 0.5) is 4.79 Å². The Kier molecular flexibility index (Phi) is 8.75. The van der Waals surface area contributed by atoms with Gasteiger partial charge in [0.05, 0.1) is 7.11 Å². The molecule has 3 aromatic rings. The minimum absolute atomic E-state index is 0.0773. The predicted octanol–water partition coefficient (Wildman–Crippen LogP) is 6.37. The van der Waals surface area contributed by atoms with Crippen molar-refractivity contribution in [3.63, 3.8) is 0 Å². The average Bonchev–Trinajstić information content (AvgIpc) is 2.96. The second-order valence-corrected chi connectivity index (χ2v) is 12.2. The molecule has 224 valence electrons. The first-order chi connectivity index (χ1) is 20.1. The molecule has 0 bridgehead atoms. The second-order valence-electron chi connectivity index (χ2n) is 12.2. The molecule has 0 saturated heterocycles. The van der Waals surface area contributed by atoms with Gasteiger partial charge in [-0.2, -0.15) is 0 Å². The van der Waals surface area contributed by atoms with E-state index in [2.05, 4.69) is 21.9 Å². The molecule has 0 radical (unpaired) electrons. The van der Waals surface area contributed by atoms with Crippen LogP contribution >= 0.6 is 0 Å². The van der Waals surface area contributed by atoms with Crippen LogP contribution in [0.5, 0.6) is 11.5 Å². The monoisotopic (exact) mass is 575 g/mol. The lowest BCUT2D eigenvalue weighted by Crippen LogP contribution is -2.41. The van der Waals surface area contributed by atoms with E-state index < -0.39 is 11.7 Å². The fourth-order valence-electron chi connectivity index (χ4n) is 5.72. The van der Waals surface area contributed by atoms with Crippen LogP contribution in [0.1, 0.15) is 77.7 Å². The minimum Gasteiger partial charge on any atom is -0.497 e. The molecule has 2 aliphatic rings. The fourth-order valence-corrected chi connectivity index (χ4v) is 5.72. The molecular formula is C33H41N3O6. The number of ether oxygens (including phenoxy) is 3. The van der Waals surface area contributed by atoms with Crippen molar-refractivity contribution in [2.45, 2.75) is 89.8 Å². The first kappa shape index (κ1) is 29.5. The normalized spacial score (nSPS) is 16.4. The Hall–Kier alpha value is -4.01. The van der Waals surface area contributed by atoms with Crippen LogP contribution in [-0.2, 0) is 16.0 Å². The van der Waals surface area contributed by atoms with Gasteiger partial charge in [-0.3, -0.25) is 4.79 Å². The van der Waals surface area contributed by atoms with Crippen molar-refractivity contribution in [2.24, 2.45) is 5.10 Å². The van der Waals surface area contributed by atoms with Crippen LogP contribution in [0.2, 0.25) is 0 Å². The van der Waals surface area contributed by atoms with Gasteiger partial charge in [0.1, 0.15) is 28.3 Å². The summed E-state index contributed by atoms with van der Waals surface area (Å²) in [6.45, 7) is 5.72. The number of amides is 2. The summed E-state index contributed by atoms with van der Waals surface area (Å²) in [5, 5.41) is 7.91. The molecule has 2 amide bonds. The zero-order valence-electron chi connectivity index (χ0n) is 25.0. The highest BCUT2D eigenvalue weighted by molar-refractivity contribution is 5.94. The van der Waals surface area contributed by atoms with E-state index in [-0.39, 0.29) is 23.5 Å². The summed E-state index contributed by atoms with van der Waals surface area (Å²) in [7, 11) is 1.64. The van der Waals surface area contributed by atoms with Gasteiger partial charge in [-0.25, -0.2) is 10.2 Å². The number of benzene rings is 2. The van der Waals surface area contributed by atoms with E-state index in [1.807, 2.05) is 36.4 Å². The molecule has 1 aliphatic carbocycles. The molecule has 1 aromatic heterocycles. The average molecular weight is 576 g/mol. The van der Waals surface area contributed by atoms with Crippen LogP contribution in [0.15, 0.2) is 52.0 Å². The number of nitrogens with zero attached hydrogens (tertiary/aromatic N) is 1. The van der Waals surface area contributed by atoms with Gasteiger partial charge in [0.2, 0.25) is 11.5 Å². The Morgan fingerprint density at radius 3 is 2.50 bits per heavy atom. The summed E-state index contributed by atoms with van der Waals surface area (Å²) in [6, 6.07) is 13.8. The molecule has 42 heavy (non-hydrogen) atoms. The Bertz CT molecular complexity index is 1500. The summed E-state index contributed by atoms with van der Waals surface area (Å²) in [5.74, 6) is 1.36. The highest BCUT2D eigenvalue weighted by Crippen LogP contribution is 2.44. The molecular weight excluding hydrogens is 534 g/mol. The molecule has 9 heteroatoms. The molecule has 9 nitrogen and oxygen atoms in total. The van der Waals surface area contributed by atoms with E-state index in [4.69, 9.17) is 18.6 Å². The van der Waals surface area contributed by atoms with Crippen molar-refractivity contribution < 1.29 is 28.2 Å². The largest absolute Gasteiger partial charge is 0.497 e. The predicted molar refractivity (Wildman–Crippen MR) is 160 cm³/mol. The second kappa shape index (κ2) is 12.5. The lowest BCUT2D eigenvalue weighted by atomic mass is 9.79. The van der Waals surface area contributed by atoms with E-state index in [1.54, 1.807) is 27.9 Å². The number of rotatable bonds is 7. The lowest BCUT2D eigenvalue weighted by molar-refractivity contribution is -0.121. The number of alkyl carbamates (subject to hydrolysis) is 1. The molecule has 2 N–H and O–H groups in total. The number of aryl methyl sites for hydroxylation is 1.